The van der Waals surface area contributed by atoms with Gasteiger partial charge in [0.05, 0.1) is 26.7 Å². The Hall–Kier alpha value is 0.400. The van der Waals surface area contributed by atoms with Gasteiger partial charge in [-0.2, -0.15) is 0 Å². The van der Waals surface area contributed by atoms with Crippen molar-refractivity contribution < 1.29 is 21.5 Å². The van der Waals surface area contributed by atoms with Gasteiger partial charge in [0.2, 0.25) is 0 Å². The molecule has 0 amide bonds. The Morgan fingerprint density at radius 1 is 0.750 bits per heavy atom. The summed E-state index contributed by atoms with van der Waals surface area (Å²) in [5, 5.41) is 0. The first-order valence-corrected chi connectivity index (χ1v) is 10.8. The summed E-state index contributed by atoms with van der Waals surface area (Å²) in [6.07, 6.45) is 19.3. The summed E-state index contributed by atoms with van der Waals surface area (Å²) in [5.74, 6) is 1.01. The Labute approximate surface area is 161 Å². The van der Waals surface area contributed by atoms with Crippen LogP contribution in [0.4, 0.5) is 0 Å². The highest BCUT2D eigenvalue weighted by atomic mass is 79.9. The zero-order valence-corrected chi connectivity index (χ0v) is 17.7. The van der Waals surface area contributed by atoms with E-state index in [0.717, 1.165) is 12.0 Å². The Morgan fingerprint density at radius 3 is 1.92 bits per heavy atom. The van der Waals surface area contributed by atoms with Gasteiger partial charge in [-0.15, -0.1) is 0 Å². The molecule has 3 aliphatic rings. The van der Waals surface area contributed by atoms with Crippen molar-refractivity contribution in [2.45, 2.75) is 89.5 Å². The number of likely N-dealkylation sites (N-methyl/N-ethyl adjacent to an activating group) is 1. The first-order valence-electron chi connectivity index (χ1n) is 10.8. The van der Waals surface area contributed by atoms with Crippen molar-refractivity contribution in [1.82, 2.24) is 4.90 Å². The number of nitrogens with zero attached hydrogens (tertiary/aromatic N) is 2. The van der Waals surface area contributed by atoms with Gasteiger partial charge in [0.25, 0.3) is 0 Å². The van der Waals surface area contributed by atoms with Crippen molar-refractivity contribution in [2.75, 3.05) is 39.8 Å². The van der Waals surface area contributed by atoms with Crippen LogP contribution in [0.3, 0.4) is 0 Å². The molecule has 2 nitrogen and oxygen atoms in total. The number of hydrogen-bond donors (Lipinski definition) is 0. The van der Waals surface area contributed by atoms with Crippen LogP contribution in [0.2, 0.25) is 0 Å². The van der Waals surface area contributed by atoms with Gasteiger partial charge in [-0.3, -0.25) is 4.90 Å². The molecular formula is C21H41BrN2. The minimum Gasteiger partial charge on any atom is -1.00 e. The lowest BCUT2D eigenvalue weighted by atomic mass is 9.87. The van der Waals surface area contributed by atoms with E-state index in [1.54, 1.807) is 0 Å². The fraction of sp³-hybridized carbons (Fsp3) is 1.00. The lowest BCUT2D eigenvalue weighted by molar-refractivity contribution is -0.913. The third kappa shape index (κ3) is 6.29. The third-order valence-corrected chi connectivity index (χ3v) is 7.13. The van der Waals surface area contributed by atoms with Crippen molar-refractivity contribution >= 4 is 0 Å². The summed E-state index contributed by atoms with van der Waals surface area (Å²) in [7, 11) is 2.53. The average molecular weight is 401 g/mol. The van der Waals surface area contributed by atoms with E-state index in [1.807, 2.05) is 0 Å². The lowest BCUT2D eigenvalue weighted by Crippen LogP contribution is -3.00. The molecule has 1 saturated heterocycles. The molecule has 0 aromatic carbocycles. The lowest BCUT2D eigenvalue weighted by Gasteiger charge is -2.42. The third-order valence-electron chi connectivity index (χ3n) is 7.13. The van der Waals surface area contributed by atoms with Crippen LogP contribution in [0.1, 0.15) is 83.5 Å². The number of quaternary nitrogens is 1. The Morgan fingerprint density at radius 2 is 1.29 bits per heavy atom. The molecule has 0 N–H and O–H groups in total. The molecule has 1 aliphatic heterocycles. The maximum atomic E-state index is 2.97. The summed E-state index contributed by atoms with van der Waals surface area (Å²) >= 11 is 0. The molecule has 2 saturated carbocycles. The van der Waals surface area contributed by atoms with Crippen molar-refractivity contribution in [1.29, 1.82) is 0 Å². The fourth-order valence-corrected chi connectivity index (χ4v) is 5.44. The zero-order valence-electron chi connectivity index (χ0n) is 16.2. The molecule has 3 rings (SSSR count). The van der Waals surface area contributed by atoms with Crippen LogP contribution in [0.15, 0.2) is 0 Å². The highest BCUT2D eigenvalue weighted by Gasteiger charge is 2.29. The second-order valence-corrected chi connectivity index (χ2v) is 9.14. The van der Waals surface area contributed by atoms with Crippen LogP contribution in [0.25, 0.3) is 0 Å². The highest BCUT2D eigenvalue weighted by Crippen LogP contribution is 2.29. The van der Waals surface area contributed by atoms with Gasteiger partial charge >= 0.3 is 0 Å². The normalized spacial score (nSPS) is 26.2. The molecule has 1 heterocycles. The largest absolute Gasteiger partial charge is 1.00 e. The number of piperidine rings is 1. The fourth-order valence-electron chi connectivity index (χ4n) is 5.44. The van der Waals surface area contributed by atoms with Gasteiger partial charge in [-0.1, -0.05) is 38.5 Å². The van der Waals surface area contributed by atoms with Crippen LogP contribution in [0, 0.1) is 5.92 Å². The minimum atomic E-state index is 0. The number of hydrogen-bond acceptors (Lipinski definition) is 1. The molecule has 0 aromatic heterocycles. The molecule has 2 aliphatic carbocycles. The van der Waals surface area contributed by atoms with E-state index in [0.29, 0.717) is 0 Å². The molecule has 0 radical (unpaired) electrons. The van der Waals surface area contributed by atoms with Gasteiger partial charge in [-0.05, 0) is 50.9 Å². The predicted octanol–water partition coefficient (Wildman–Crippen LogP) is 1.84. The van der Waals surface area contributed by atoms with Crippen LogP contribution in [0.5, 0.6) is 0 Å². The van der Waals surface area contributed by atoms with E-state index in [4.69, 9.17) is 0 Å². The van der Waals surface area contributed by atoms with Crippen LogP contribution >= 0.6 is 0 Å². The van der Waals surface area contributed by atoms with Gasteiger partial charge < -0.3 is 21.5 Å². The predicted molar refractivity (Wildman–Crippen MR) is 99.7 cm³/mol. The maximum Gasteiger partial charge on any atom is 0.0913 e. The monoisotopic (exact) mass is 400 g/mol. The zero-order chi connectivity index (χ0) is 16.0. The van der Waals surface area contributed by atoms with E-state index in [9.17, 15) is 0 Å². The summed E-state index contributed by atoms with van der Waals surface area (Å²) in [6, 6.07) is 0.919. The van der Waals surface area contributed by atoms with Gasteiger partial charge in [0.1, 0.15) is 0 Å². The quantitative estimate of drug-likeness (QED) is 0.614. The number of halogens is 1. The Kier molecular flexibility index (Phi) is 9.08. The second kappa shape index (κ2) is 10.5. The Balaban J connectivity index is 0.00000208. The summed E-state index contributed by atoms with van der Waals surface area (Å²) in [4.78, 5) is 2.97. The second-order valence-electron chi connectivity index (χ2n) is 9.14. The molecule has 0 bridgehead atoms. The van der Waals surface area contributed by atoms with E-state index in [2.05, 4.69) is 11.9 Å². The van der Waals surface area contributed by atoms with Crippen molar-refractivity contribution in [3.05, 3.63) is 0 Å². The molecule has 0 atom stereocenters. The molecule has 0 aromatic rings. The smallest absolute Gasteiger partial charge is 0.0913 e. The standard InChI is InChI=1S/C21H41N2.BrH/c1-23(16-9-4-10-17-23)18-15-22(21-13-7-3-8-14-21)19-20-11-5-2-6-12-20;/h20-21H,2-19H2,1H3;1H/q+1;/p-1. The average Bonchev–Trinajstić information content (AvgIpc) is 2.61. The summed E-state index contributed by atoms with van der Waals surface area (Å²) in [6.45, 7) is 7.06. The molecular weight excluding hydrogens is 360 g/mol. The van der Waals surface area contributed by atoms with Crippen molar-refractivity contribution in [3.63, 3.8) is 0 Å². The Bertz CT molecular complexity index is 329. The first kappa shape index (κ1) is 20.7. The minimum absolute atomic E-state index is 0. The molecule has 3 heteroatoms. The van der Waals surface area contributed by atoms with Gasteiger partial charge in [-0.25, -0.2) is 0 Å². The number of likely N-dealkylation sites (tertiary alicyclic amines) is 1. The van der Waals surface area contributed by atoms with Gasteiger partial charge in [0, 0.05) is 19.1 Å². The van der Waals surface area contributed by atoms with E-state index in [-0.39, 0.29) is 17.0 Å². The molecule has 0 spiro atoms. The molecule has 0 unspecified atom stereocenters. The highest BCUT2D eigenvalue weighted by molar-refractivity contribution is 4.79. The van der Waals surface area contributed by atoms with Crippen LogP contribution < -0.4 is 17.0 Å². The molecule has 3 fully saturated rings. The summed E-state index contributed by atoms with van der Waals surface area (Å²) < 4.78 is 1.36. The topological polar surface area (TPSA) is 3.24 Å². The van der Waals surface area contributed by atoms with Crippen LogP contribution in [-0.2, 0) is 0 Å². The van der Waals surface area contributed by atoms with E-state index in [1.165, 1.54) is 121 Å². The molecule has 142 valence electrons. The first-order chi connectivity index (χ1) is 11.3. The van der Waals surface area contributed by atoms with E-state index >= 15 is 0 Å². The van der Waals surface area contributed by atoms with E-state index < -0.39 is 0 Å². The van der Waals surface area contributed by atoms with Crippen molar-refractivity contribution in [3.8, 4) is 0 Å². The van der Waals surface area contributed by atoms with Gasteiger partial charge in [0.15, 0.2) is 0 Å². The summed E-state index contributed by atoms with van der Waals surface area (Å²) in [5.41, 5.74) is 0. The SMILES string of the molecule is C[N+]1(CCN(CC2CCCCC2)C2CCCCC2)CCCCC1.[Br-]. The van der Waals surface area contributed by atoms with Crippen LogP contribution in [-0.4, -0.2) is 55.2 Å². The van der Waals surface area contributed by atoms with Crippen molar-refractivity contribution in [2.24, 2.45) is 5.92 Å². The number of rotatable bonds is 6. The maximum absolute atomic E-state index is 2.97. The molecule has 24 heavy (non-hydrogen) atoms.